The molecule has 2 aromatic rings. The van der Waals surface area contributed by atoms with Crippen LogP contribution in [-0.4, -0.2) is 4.98 Å². The molecule has 0 aliphatic rings. The van der Waals surface area contributed by atoms with Crippen molar-refractivity contribution in [3.63, 3.8) is 0 Å². The Kier molecular flexibility index (Phi) is 3.23. The number of hydrogen-bond acceptors (Lipinski definition) is 3. The van der Waals surface area contributed by atoms with Crippen molar-refractivity contribution in [1.82, 2.24) is 4.98 Å². The summed E-state index contributed by atoms with van der Waals surface area (Å²) in [6.45, 7) is 0. The van der Waals surface area contributed by atoms with E-state index in [9.17, 15) is 0 Å². The topological polar surface area (TPSA) is 38.9 Å². The standard InChI is InChI=1S/C11H11ClN2S/c12-10-5-9(11(13)14-6-10)2-1-8-3-4-15-7-8/h3-7H,1-2H2,(H2,13,14). The van der Waals surface area contributed by atoms with Crippen LogP contribution in [0.5, 0.6) is 0 Å². The Hall–Kier alpha value is -1.06. The van der Waals surface area contributed by atoms with Crippen LogP contribution in [0, 0.1) is 0 Å². The summed E-state index contributed by atoms with van der Waals surface area (Å²) in [5.74, 6) is 0.578. The first kappa shape index (κ1) is 10.5. The molecule has 0 saturated carbocycles. The molecule has 15 heavy (non-hydrogen) atoms. The van der Waals surface area contributed by atoms with E-state index in [0.717, 1.165) is 18.4 Å². The summed E-state index contributed by atoms with van der Waals surface area (Å²) in [6.07, 6.45) is 3.44. The lowest BCUT2D eigenvalue weighted by molar-refractivity contribution is 0.960. The maximum Gasteiger partial charge on any atom is 0.126 e. The van der Waals surface area contributed by atoms with E-state index in [1.165, 1.54) is 5.56 Å². The van der Waals surface area contributed by atoms with Crippen molar-refractivity contribution in [3.05, 3.63) is 45.2 Å². The lowest BCUT2D eigenvalue weighted by Gasteiger charge is -2.04. The zero-order chi connectivity index (χ0) is 10.7. The number of pyridine rings is 1. The number of aromatic nitrogens is 1. The van der Waals surface area contributed by atoms with Gasteiger partial charge >= 0.3 is 0 Å². The van der Waals surface area contributed by atoms with Crippen LogP contribution in [0.1, 0.15) is 11.1 Å². The van der Waals surface area contributed by atoms with E-state index in [1.807, 2.05) is 6.07 Å². The van der Waals surface area contributed by atoms with Crippen LogP contribution in [0.15, 0.2) is 29.1 Å². The van der Waals surface area contributed by atoms with Gasteiger partial charge in [0, 0.05) is 6.20 Å². The van der Waals surface area contributed by atoms with Gasteiger partial charge in [0.1, 0.15) is 5.82 Å². The third kappa shape index (κ3) is 2.70. The van der Waals surface area contributed by atoms with Crippen LogP contribution in [0.2, 0.25) is 5.02 Å². The molecule has 0 aromatic carbocycles. The fourth-order valence-corrected chi connectivity index (χ4v) is 2.29. The Morgan fingerprint density at radius 3 is 3.00 bits per heavy atom. The summed E-state index contributed by atoms with van der Waals surface area (Å²) in [5, 5.41) is 4.87. The van der Waals surface area contributed by atoms with Gasteiger partial charge in [-0.2, -0.15) is 11.3 Å². The van der Waals surface area contributed by atoms with Gasteiger partial charge in [0.2, 0.25) is 0 Å². The minimum atomic E-state index is 0.578. The Bertz CT molecular complexity index is 440. The number of hydrogen-bond donors (Lipinski definition) is 1. The average Bonchev–Trinajstić information content (AvgIpc) is 2.72. The molecule has 0 unspecified atom stereocenters. The van der Waals surface area contributed by atoms with Crippen LogP contribution in [0.25, 0.3) is 0 Å². The SMILES string of the molecule is Nc1ncc(Cl)cc1CCc1ccsc1. The minimum absolute atomic E-state index is 0.578. The predicted octanol–water partition coefficient (Wildman–Crippen LogP) is 3.16. The Morgan fingerprint density at radius 1 is 1.40 bits per heavy atom. The first-order valence-electron chi connectivity index (χ1n) is 4.66. The highest BCUT2D eigenvalue weighted by Crippen LogP contribution is 2.17. The molecule has 0 aliphatic carbocycles. The summed E-state index contributed by atoms with van der Waals surface area (Å²) >= 11 is 7.57. The molecule has 0 aliphatic heterocycles. The molecule has 2 heterocycles. The first-order valence-corrected chi connectivity index (χ1v) is 5.99. The second-order valence-electron chi connectivity index (χ2n) is 3.33. The average molecular weight is 239 g/mol. The molecule has 78 valence electrons. The van der Waals surface area contributed by atoms with Crippen LogP contribution in [0.4, 0.5) is 5.82 Å². The van der Waals surface area contributed by atoms with E-state index in [4.69, 9.17) is 17.3 Å². The number of nitrogens with zero attached hydrogens (tertiary/aromatic N) is 1. The molecule has 0 atom stereocenters. The summed E-state index contributed by atoms with van der Waals surface area (Å²) in [5.41, 5.74) is 8.12. The molecule has 0 bridgehead atoms. The normalized spacial score (nSPS) is 10.5. The molecule has 4 heteroatoms. The molecule has 2 nitrogen and oxygen atoms in total. The zero-order valence-corrected chi connectivity index (χ0v) is 9.68. The molecule has 0 amide bonds. The minimum Gasteiger partial charge on any atom is -0.383 e. The molecule has 0 radical (unpaired) electrons. The lowest BCUT2D eigenvalue weighted by atomic mass is 10.1. The lowest BCUT2D eigenvalue weighted by Crippen LogP contribution is -1.99. The molecule has 0 spiro atoms. The highest BCUT2D eigenvalue weighted by Gasteiger charge is 2.02. The summed E-state index contributed by atoms with van der Waals surface area (Å²) in [4.78, 5) is 4.03. The first-order chi connectivity index (χ1) is 7.25. The number of rotatable bonds is 3. The number of aryl methyl sites for hydroxylation is 2. The molecule has 2 N–H and O–H groups in total. The predicted molar refractivity (Wildman–Crippen MR) is 65.4 cm³/mol. The van der Waals surface area contributed by atoms with E-state index in [-0.39, 0.29) is 0 Å². The Labute approximate surface area is 97.7 Å². The van der Waals surface area contributed by atoms with Gasteiger partial charge < -0.3 is 5.73 Å². The largest absolute Gasteiger partial charge is 0.383 e. The molecule has 0 fully saturated rings. The van der Waals surface area contributed by atoms with Crippen molar-refractivity contribution in [2.24, 2.45) is 0 Å². The van der Waals surface area contributed by atoms with Gasteiger partial charge in [-0.3, -0.25) is 0 Å². The molecule has 2 rings (SSSR count). The number of anilines is 1. The van der Waals surface area contributed by atoms with Gasteiger partial charge in [0.25, 0.3) is 0 Å². The number of halogens is 1. The van der Waals surface area contributed by atoms with Crippen LogP contribution >= 0.6 is 22.9 Å². The van der Waals surface area contributed by atoms with Crippen molar-refractivity contribution in [2.45, 2.75) is 12.8 Å². The zero-order valence-electron chi connectivity index (χ0n) is 8.11. The smallest absolute Gasteiger partial charge is 0.126 e. The van der Waals surface area contributed by atoms with E-state index in [2.05, 4.69) is 21.8 Å². The van der Waals surface area contributed by atoms with E-state index in [0.29, 0.717) is 10.8 Å². The van der Waals surface area contributed by atoms with E-state index >= 15 is 0 Å². The Morgan fingerprint density at radius 2 is 2.27 bits per heavy atom. The van der Waals surface area contributed by atoms with E-state index < -0.39 is 0 Å². The van der Waals surface area contributed by atoms with Gasteiger partial charge in [-0.1, -0.05) is 11.6 Å². The highest BCUT2D eigenvalue weighted by molar-refractivity contribution is 7.07. The van der Waals surface area contributed by atoms with Crippen molar-refractivity contribution < 1.29 is 0 Å². The quantitative estimate of drug-likeness (QED) is 0.892. The van der Waals surface area contributed by atoms with Crippen molar-refractivity contribution in [1.29, 1.82) is 0 Å². The molecular weight excluding hydrogens is 228 g/mol. The van der Waals surface area contributed by atoms with E-state index in [1.54, 1.807) is 17.5 Å². The summed E-state index contributed by atoms with van der Waals surface area (Å²) in [7, 11) is 0. The van der Waals surface area contributed by atoms with Crippen LogP contribution in [0.3, 0.4) is 0 Å². The molecular formula is C11H11ClN2S. The van der Waals surface area contributed by atoms with Gasteiger partial charge in [-0.25, -0.2) is 4.98 Å². The fourth-order valence-electron chi connectivity index (χ4n) is 1.41. The highest BCUT2D eigenvalue weighted by atomic mass is 35.5. The maximum absolute atomic E-state index is 5.86. The summed E-state index contributed by atoms with van der Waals surface area (Å²) < 4.78 is 0. The van der Waals surface area contributed by atoms with Gasteiger partial charge in [-0.15, -0.1) is 0 Å². The summed E-state index contributed by atoms with van der Waals surface area (Å²) in [6, 6.07) is 4.01. The third-order valence-corrected chi connectivity index (χ3v) is 3.17. The molecule has 0 saturated heterocycles. The fraction of sp³-hybridized carbons (Fsp3) is 0.182. The van der Waals surface area contributed by atoms with Crippen LogP contribution in [-0.2, 0) is 12.8 Å². The number of thiophene rings is 1. The van der Waals surface area contributed by atoms with Crippen LogP contribution < -0.4 is 5.73 Å². The van der Waals surface area contributed by atoms with Crippen molar-refractivity contribution in [3.8, 4) is 0 Å². The van der Waals surface area contributed by atoms with Crippen molar-refractivity contribution in [2.75, 3.05) is 5.73 Å². The Balaban J connectivity index is 2.07. The molecule has 2 aromatic heterocycles. The van der Waals surface area contributed by atoms with Gasteiger partial charge in [0.15, 0.2) is 0 Å². The van der Waals surface area contributed by atoms with Crippen molar-refractivity contribution >= 4 is 28.8 Å². The second-order valence-corrected chi connectivity index (χ2v) is 4.55. The van der Waals surface area contributed by atoms with Gasteiger partial charge in [0.05, 0.1) is 5.02 Å². The monoisotopic (exact) mass is 238 g/mol. The number of nitrogen functional groups attached to an aromatic ring is 1. The third-order valence-electron chi connectivity index (χ3n) is 2.23. The van der Waals surface area contributed by atoms with Gasteiger partial charge in [-0.05, 0) is 46.9 Å². The number of nitrogens with two attached hydrogens (primary N) is 1. The second kappa shape index (κ2) is 4.64. The maximum atomic E-state index is 5.86.